The molecular weight excluding hydrogens is 312 g/mol. The summed E-state index contributed by atoms with van der Waals surface area (Å²) in [4.78, 5) is 3.49. The first kappa shape index (κ1) is 11.3. The summed E-state index contributed by atoms with van der Waals surface area (Å²) in [5.41, 5.74) is 6.37. The number of hydrogen-bond acceptors (Lipinski definition) is 3. The van der Waals surface area contributed by atoms with Gasteiger partial charge in [0.2, 0.25) is 5.88 Å². The van der Waals surface area contributed by atoms with Gasteiger partial charge in [-0.15, -0.1) is 13.2 Å². The summed E-state index contributed by atoms with van der Waals surface area (Å²) in [7, 11) is 0. The summed E-state index contributed by atoms with van der Waals surface area (Å²) in [5.74, 6) is -0.513. The number of nitrogen functional groups attached to an aromatic ring is 1. The highest BCUT2D eigenvalue weighted by Gasteiger charge is 2.33. The van der Waals surface area contributed by atoms with Gasteiger partial charge < -0.3 is 10.5 Å². The third-order valence-electron chi connectivity index (χ3n) is 1.44. The topological polar surface area (TPSA) is 48.1 Å². The van der Waals surface area contributed by atoms with E-state index < -0.39 is 12.2 Å². The van der Waals surface area contributed by atoms with Crippen LogP contribution in [0.4, 0.5) is 18.9 Å². The van der Waals surface area contributed by atoms with Crippen molar-refractivity contribution >= 4 is 28.3 Å². The molecule has 0 atom stereocenters. The maximum Gasteiger partial charge on any atom is 0.574 e. The minimum atomic E-state index is -4.74. The van der Waals surface area contributed by atoms with Gasteiger partial charge in [-0.25, -0.2) is 4.98 Å². The number of ether oxygens (including phenoxy) is 1. The Bertz CT molecular complexity index is 354. The molecular formula is C7H6F3IN2O. The zero-order valence-corrected chi connectivity index (χ0v) is 9.18. The molecule has 0 amide bonds. The molecule has 2 N–H and O–H groups in total. The number of alkyl halides is 3. The Kier molecular flexibility index (Phi) is 3.07. The molecule has 0 aromatic carbocycles. The minimum absolute atomic E-state index is 0.167. The van der Waals surface area contributed by atoms with Crippen LogP contribution in [0.15, 0.2) is 6.20 Å². The van der Waals surface area contributed by atoms with Crippen molar-refractivity contribution in [2.75, 3.05) is 5.73 Å². The molecule has 0 aliphatic rings. The SMILES string of the molecule is Cc1cnc(OC(F)(F)F)c(I)c1N. The number of pyridine rings is 1. The first-order valence-corrected chi connectivity index (χ1v) is 4.55. The lowest BCUT2D eigenvalue weighted by Crippen LogP contribution is -2.19. The maximum absolute atomic E-state index is 11.8. The van der Waals surface area contributed by atoms with Gasteiger partial charge in [-0.2, -0.15) is 0 Å². The maximum atomic E-state index is 11.8. The molecule has 1 rings (SSSR count). The van der Waals surface area contributed by atoms with Crippen LogP contribution in [0, 0.1) is 10.5 Å². The molecule has 0 saturated heterocycles. The Labute approximate surface area is 91.6 Å². The summed E-state index contributed by atoms with van der Waals surface area (Å²) in [5, 5.41) is 0. The molecule has 0 aliphatic heterocycles. The average molecular weight is 318 g/mol. The van der Waals surface area contributed by atoms with Crippen LogP contribution in [-0.4, -0.2) is 11.3 Å². The summed E-state index contributed by atoms with van der Waals surface area (Å²) in [6, 6.07) is 0. The third kappa shape index (κ3) is 2.63. The average Bonchev–Trinajstić information content (AvgIpc) is 2.04. The van der Waals surface area contributed by atoms with Crippen LogP contribution in [0.1, 0.15) is 5.56 Å². The number of nitrogens with zero attached hydrogens (tertiary/aromatic N) is 1. The lowest BCUT2D eigenvalue weighted by molar-refractivity contribution is -0.276. The number of halogens is 4. The van der Waals surface area contributed by atoms with Crippen molar-refractivity contribution in [1.82, 2.24) is 4.98 Å². The summed E-state index contributed by atoms with van der Waals surface area (Å²) in [6.45, 7) is 1.65. The van der Waals surface area contributed by atoms with Crippen molar-refractivity contribution in [3.8, 4) is 5.88 Å². The lowest BCUT2D eigenvalue weighted by atomic mass is 10.3. The summed E-state index contributed by atoms with van der Waals surface area (Å²) >= 11 is 1.66. The van der Waals surface area contributed by atoms with E-state index in [1.54, 1.807) is 29.5 Å². The predicted octanol–water partition coefficient (Wildman–Crippen LogP) is 2.48. The van der Waals surface area contributed by atoms with E-state index in [-0.39, 0.29) is 9.26 Å². The Morgan fingerprint density at radius 3 is 2.57 bits per heavy atom. The number of rotatable bonds is 1. The Morgan fingerprint density at radius 1 is 1.50 bits per heavy atom. The Balaban J connectivity index is 3.06. The van der Waals surface area contributed by atoms with E-state index in [0.717, 1.165) is 0 Å². The second kappa shape index (κ2) is 3.79. The van der Waals surface area contributed by atoms with E-state index in [4.69, 9.17) is 5.73 Å². The molecule has 1 aromatic rings. The van der Waals surface area contributed by atoms with E-state index >= 15 is 0 Å². The van der Waals surface area contributed by atoms with Crippen LogP contribution in [0.5, 0.6) is 5.88 Å². The van der Waals surface area contributed by atoms with E-state index in [9.17, 15) is 13.2 Å². The lowest BCUT2D eigenvalue weighted by Gasteiger charge is -2.11. The van der Waals surface area contributed by atoms with Gasteiger partial charge in [0.1, 0.15) is 0 Å². The van der Waals surface area contributed by atoms with Gasteiger partial charge >= 0.3 is 6.36 Å². The van der Waals surface area contributed by atoms with Gasteiger partial charge in [0, 0.05) is 6.20 Å². The molecule has 1 heterocycles. The van der Waals surface area contributed by atoms with Crippen LogP contribution >= 0.6 is 22.6 Å². The van der Waals surface area contributed by atoms with Gasteiger partial charge in [-0.1, -0.05) is 0 Å². The number of aromatic nitrogens is 1. The quantitative estimate of drug-likeness (QED) is 0.809. The molecule has 3 nitrogen and oxygen atoms in total. The molecule has 78 valence electrons. The highest BCUT2D eigenvalue weighted by Crippen LogP contribution is 2.30. The molecule has 0 radical (unpaired) electrons. The number of nitrogens with two attached hydrogens (primary N) is 1. The highest BCUT2D eigenvalue weighted by atomic mass is 127. The van der Waals surface area contributed by atoms with Crippen molar-refractivity contribution in [3.05, 3.63) is 15.3 Å². The normalized spacial score (nSPS) is 11.5. The van der Waals surface area contributed by atoms with Crippen LogP contribution in [-0.2, 0) is 0 Å². The van der Waals surface area contributed by atoms with Crippen molar-refractivity contribution in [1.29, 1.82) is 0 Å². The second-order valence-electron chi connectivity index (χ2n) is 2.52. The molecule has 0 aliphatic carbocycles. The molecule has 14 heavy (non-hydrogen) atoms. The fourth-order valence-corrected chi connectivity index (χ4v) is 1.43. The van der Waals surface area contributed by atoms with Gasteiger partial charge in [0.25, 0.3) is 0 Å². The summed E-state index contributed by atoms with van der Waals surface area (Å²) < 4.78 is 39.4. The van der Waals surface area contributed by atoms with Gasteiger partial charge in [-0.3, -0.25) is 0 Å². The summed E-state index contributed by atoms with van der Waals surface area (Å²) in [6.07, 6.45) is -3.51. The van der Waals surface area contributed by atoms with Crippen molar-refractivity contribution in [3.63, 3.8) is 0 Å². The van der Waals surface area contributed by atoms with Crippen molar-refractivity contribution in [2.45, 2.75) is 13.3 Å². The van der Waals surface area contributed by atoms with Crippen LogP contribution in [0.2, 0.25) is 0 Å². The zero-order chi connectivity index (χ0) is 10.9. The third-order valence-corrected chi connectivity index (χ3v) is 2.48. The minimum Gasteiger partial charge on any atom is -0.397 e. The largest absolute Gasteiger partial charge is 0.574 e. The van der Waals surface area contributed by atoms with Crippen LogP contribution in [0.25, 0.3) is 0 Å². The molecule has 0 spiro atoms. The van der Waals surface area contributed by atoms with Crippen molar-refractivity contribution in [2.24, 2.45) is 0 Å². The molecule has 0 bridgehead atoms. The fraction of sp³-hybridized carbons (Fsp3) is 0.286. The van der Waals surface area contributed by atoms with Crippen LogP contribution in [0.3, 0.4) is 0 Å². The predicted molar refractivity (Wildman–Crippen MR) is 52.8 cm³/mol. The smallest absolute Gasteiger partial charge is 0.397 e. The van der Waals surface area contributed by atoms with Gasteiger partial charge in [0.15, 0.2) is 0 Å². The first-order chi connectivity index (χ1) is 6.31. The van der Waals surface area contributed by atoms with E-state index in [2.05, 4.69) is 9.72 Å². The molecule has 0 unspecified atom stereocenters. The van der Waals surface area contributed by atoms with E-state index in [1.807, 2.05) is 0 Å². The molecule has 0 fully saturated rings. The fourth-order valence-electron chi connectivity index (χ4n) is 0.751. The molecule has 7 heteroatoms. The van der Waals surface area contributed by atoms with E-state index in [0.29, 0.717) is 5.56 Å². The Hall–Kier alpha value is -0.730. The molecule has 1 aromatic heterocycles. The number of aryl methyl sites for hydroxylation is 1. The number of anilines is 1. The monoisotopic (exact) mass is 318 g/mol. The van der Waals surface area contributed by atoms with Gasteiger partial charge in [-0.05, 0) is 35.1 Å². The van der Waals surface area contributed by atoms with Gasteiger partial charge in [0.05, 0.1) is 9.26 Å². The zero-order valence-electron chi connectivity index (χ0n) is 7.02. The number of hydrogen-bond donors (Lipinski definition) is 1. The second-order valence-corrected chi connectivity index (χ2v) is 3.60. The highest BCUT2D eigenvalue weighted by molar-refractivity contribution is 14.1. The van der Waals surface area contributed by atoms with Crippen molar-refractivity contribution < 1.29 is 17.9 Å². The first-order valence-electron chi connectivity index (χ1n) is 3.47. The van der Waals surface area contributed by atoms with E-state index in [1.165, 1.54) is 6.20 Å². The Morgan fingerprint density at radius 2 is 2.07 bits per heavy atom. The standard InChI is InChI=1S/C7H6F3IN2O/c1-3-2-13-6(4(11)5(3)12)14-7(8,9)10/h2H,1H3,(H2,12,13). The van der Waals surface area contributed by atoms with Crippen LogP contribution < -0.4 is 10.5 Å². The molecule has 0 saturated carbocycles.